The smallest absolute Gasteiger partial charge is 0.341 e. The number of esters is 1. The molecule has 7 nitrogen and oxygen atoms in total. The second-order valence-corrected chi connectivity index (χ2v) is 7.25. The van der Waals surface area contributed by atoms with Crippen LogP contribution in [0, 0.1) is 13.8 Å². The molecule has 2 aromatic rings. The predicted octanol–water partition coefficient (Wildman–Crippen LogP) is 3.27. The molecule has 8 heteroatoms. The normalized spacial score (nSPS) is 14.0. The summed E-state index contributed by atoms with van der Waals surface area (Å²) in [5.74, 6) is -1.11. The molecular formula is C19H19N3O4S. The van der Waals surface area contributed by atoms with Crippen LogP contribution in [0.5, 0.6) is 0 Å². The Hall–Kier alpha value is -3.00. The Bertz CT molecular complexity index is 934. The average molecular weight is 385 g/mol. The SMILES string of the molecule is COC(=O)c1c(NC(=O)C2=NN(c3ccccc3)C(=O)CC2)sc(C)c1C. The first-order chi connectivity index (χ1) is 12.9. The number of hydrogen-bond donors (Lipinski definition) is 1. The quantitative estimate of drug-likeness (QED) is 0.818. The number of rotatable bonds is 4. The van der Waals surface area contributed by atoms with E-state index in [2.05, 4.69) is 10.4 Å². The molecule has 2 amide bonds. The zero-order valence-corrected chi connectivity index (χ0v) is 16.1. The number of amides is 2. The summed E-state index contributed by atoms with van der Waals surface area (Å²) in [5, 5.41) is 8.65. The second kappa shape index (κ2) is 7.71. The first-order valence-corrected chi connectivity index (χ1v) is 9.19. The van der Waals surface area contributed by atoms with Crippen LogP contribution >= 0.6 is 11.3 Å². The Balaban J connectivity index is 1.88. The number of ether oxygens (including phenoxy) is 1. The van der Waals surface area contributed by atoms with Gasteiger partial charge in [-0.3, -0.25) is 9.59 Å². The third-order valence-electron chi connectivity index (χ3n) is 4.30. The molecule has 0 spiro atoms. The minimum Gasteiger partial charge on any atom is -0.465 e. The largest absolute Gasteiger partial charge is 0.465 e. The molecule has 27 heavy (non-hydrogen) atoms. The van der Waals surface area contributed by atoms with Gasteiger partial charge < -0.3 is 10.1 Å². The molecule has 0 bridgehead atoms. The first kappa shape index (κ1) is 18.8. The van der Waals surface area contributed by atoms with E-state index in [0.717, 1.165) is 10.4 Å². The Morgan fingerprint density at radius 1 is 1.19 bits per heavy atom. The third-order valence-corrected chi connectivity index (χ3v) is 5.42. The van der Waals surface area contributed by atoms with Gasteiger partial charge in [-0.15, -0.1) is 11.3 Å². The molecule has 1 aromatic heterocycles. The highest BCUT2D eigenvalue weighted by Gasteiger charge is 2.28. The molecular weight excluding hydrogens is 366 g/mol. The summed E-state index contributed by atoms with van der Waals surface area (Å²) in [5.41, 5.74) is 1.96. The third kappa shape index (κ3) is 3.75. The molecule has 1 N–H and O–H groups in total. The molecule has 0 aliphatic carbocycles. The van der Waals surface area contributed by atoms with Crippen molar-refractivity contribution in [3.8, 4) is 0 Å². The maximum absolute atomic E-state index is 12.7. The van der Waals surface area contributed by atoms with Crippen molar-refractivity contribution in [2.45, 2.75) is 26.7 Å². The molecule has 2 heterocycles. The maximum atomic E-state index is 12.7. The number of nitrogens with zero attached hydrogens (tertiary/aromatic N) is 2. The van der Waals surface area contributed by atoms with Crippen LogP contribution in [0.25, 0.3) is 0 Å². The van der Waals surface area contributed by atoms with E-state index in [1.54, 1.807) is 24.3 Å². The number of benzene rings is 1. The summed E-state index contributed by atoms with van der Waals surface area (Å²) >= 11 is 1.31. The van der Waals surface area contributed by atoms with Gasteiger partial charge in [0.15, 0.2) is 0 Å². The number of thiophene rings is 1. The lowest BCUT2D eigenvalue weighted by Crippen LogP contribution is -2.36. The standard InChI is InChI=1S/C19H19N3O4S/c1-11-12(2)27-18(16(11)19(25)26-3)20-17(24)14-9-10-15(23)22(21-14)13-7-5-4-6-8-13/h4-8H,9-10H2,1-3H3,(H,20,24). The summed E-state index contributed by atoms with van der Waals surface area (Å²) in [6.07, 6.45) is 0.429. The summed E-state index contributed by atoms with van der Waals surface area (Å²) in [6.45, 7) is 3.68. The summed E-state index contributed by atoms with van der Waals surface area (Å²) in [6, 6.07) is 8.94. The van der Waals surface area contributed by atoms with Gasteiger partial charge in [0.1, 0.15) is 10.7 Å². The van der Waals surface area contributed by atoms with Gasteiger partial charge in [0, 0.05) is 17.7 Å². The maximum Gasteiger partial charge on any atom is 0.341 e. The van der Waals surface area contributed by atoms with E-state index in [4.69, 9.17) is 4.74 Å². The Kier molecular flexibility index (Phi) is 5.36. The van der Waals surface area contributed by atoms with Crippen LogP contribution in [0.15, 0.2) is 35.4 Å². The van der Waals surface area contributed by atoms with Crippen molar-refractivity contribution >= 4 is 45.5 Å². The van der Waals surface area contributed by atoms with Gasteiger partial charge in [-0.1, -0.05) is 18.2 Å². The topological polar surface area (TPSA) is 88.1 Å². The van der Waals surface area contributed by atoms with E-state index in [1.807, 2.05) is 19.9 Å². The number of methoxy groups -OCH3 is 1. The lowest BCUT2D eigenvalue weighted by atomic mass is 10.1. The van der Waals surface area contributed by atoms with E-state index >= 15 is 0 Å². The van der Waals surface area contributed by atoms with Crippen LogP contribution in [0.1, 0.15) is 33.6 Å². The first-order valence-electron chi connectivity index (χ1n) is 8.37. The molecule has 1 aromatic carbocycles. The summed E-state index contributed by atoms with van der Waals surface area (Å²) in [7, 11) is 1.30. The molecule has 0 atom stereocenters. The number of carbonyl (C=O) groups excluding carboxylic acids is 3. The van der Waals surface area contributed by atoms with Gasteiger partial charge in [-0.2, -0.15) is 5.10 Å². The van der Waals surface area contributed by atoms with Crippen molar-refractivity contribution in [2.24, 2.45) is 5.10 Å². The van der Waals surface area contributed by atoms with Crippen molar-refractivity contribution in [3.63, 3.8) is 0 Å². The molecule has 0 saturated carbocycles. The second-order valence-electron chi connectivity index (χ2n) is 6.02. The predicted molar refractivity (Wildman–Crippen MR) is 104 cm³/mol. The fourth-order valence-electron chi connectivity index (χ4n) is 2.73. The van der Waals surface area contributed by atoms with Crippen LogP contribution < -0.4 is 10.3 Å². The summed E-state index contributed by atoms with van der Waals surface area (Å²) in [4.78, 5) is 37.9. The van der Waals surface area contributed by atoms with E-state index in [1.165, 1.54) is 23.5 Å². The molecule has 1 aliphatic rings. The number of aryl methyl sites for hydroxylation is 1. The van der Waals surface area contributed by atoms with Gasteiger partial charge >= 0.3 is 5.97 Å². The van der Waals surface area contributed by atoms with E-state index in [-0.39, 0.29) is 24.5 Å². The zero-order valence-electron chi connectivity index (χ0n) is 15.2. The molecule has 0 saturated heterocycles. The Morgan fingerprint density at radius 2 is 1.89 bits per heavy atom. The van der Waals surface area contributed by atoms with Crippen LogP contribution in [0.3, 0.4) is 0 Å². The molecule has 0 unspecified atom stereocenters. The van der Waals surface area contributed by atoms with E-state index in [0.29, 0.717) is 16.3 Å². The van der Waals surface area contributed by atoms with Crippen LogP contribution in [-0.4, -0.2) is 30.6 Å². The molecule has 0 radical (unpaired) electrons. The lowest BCUT2D eigenvalue weighted by Gasteiger charge is -2.23. The van der Waals surface area contributed by atoms with Crippen molar-refractivity contribution in [1.82, 2.24) is 0 Å². The fraction of sp³-hybridized carbons (Fsp3) is 0.263. The molecule has 1 aliphatic heterocycles. The van der Waals surface area contributed by atoms with Crippen molar-refractivity contribution in [2.75, 3.05) is 17.4 Å². The van der Waals surface area contributed by atoms with E-state index < -0.39 is 11.9 Å². The lowest BCUT2D eigenvalue weighted by molar-refractivity contribution is -0.118. The number of hydrazone groups is 1. The van der Waals surface area contributed by atoms with E-state index in [9.17, 15) is 14.4 Å². The van der Waals surface area contributed by atoms with Crippen LogP contribution in [-0.2, 0) is 14.3 Å². The number of nitrogens with one attached hydrogen (secondary N) is 1. The van der Waals surface area contributed by atoms with Crippen molar-refractivity contribution in [3.05, 3.63) is 46.3 Å². The Labute approximate surface area is 160 Å². The van der Waals surface area contributed by atoms with Gasteiger partial charge in [0.25, 0.3) is 5.91 Å². The van der Waals surface area contributed by atoms with Crippen LogP contribution in [0.4, 0.5) is 10.7 Å². The van der Waals surface area contributed by atoms with Crippen LogP contribution in [0.2, 0.25) is 0 Å². The van der Waals surface area contributed by atoms with Gasteiger partial charge in [0.05, 0.1) is 18.4 Å². The number of carbonyl (C=O) groups is 3. The van der Waals surface area contributed by atoms with Gasteiger partial charge in [-0.25, -0.2) is 9.80 Å². The number of hydrogen-bond acceptors (Lipinski definition) is 6. The monoisotopic (exact) mass is 385 g/mol. The zero-order chi connectivity index (χ0) is 19.6. The molecule has 3 rings (SSSR count). The molecule has 140 valence electrons. The minimum atomic E-state index is -0.501. The van der Waals surface area contributed by atoms with Crippen molar-refractivity contribution < 1.29 is 19.1 Å². The minimum absolute atomic E-state index is 0.171. The highest BCUT2D eigenvalue weighted by Crippen LogP contribution is 2.33. The average Bonchev–Trinajstić information content (AvgIpc) is 2.95. The van der Waals surface area contributed by atoms with Gasteiger partial charge in [-0.05, 0) is 31.5 Å². The highest BCUT2D eigenvalue weighted by molar-refractivity contribution is 7.17. The number of anilines is 2. The fourth-order valence-corrected chi connectivity index (χ4v) is 3.77. The highest BCUT2D eigenvalue weighted by atomic mass is 32.1. The van der Waals surface area contributed by atoms with Crippen molar-refractivity contribution in [1.29, 1.82) is 0 Å². The number of para-hydroxylation sites is 1. The Morgan fingerprint density at radius 3 is 2.56 bits per heavy atom. The summed E-state index contributed by atoms with van der Waals surface area (Å²) < 4.78 is 4.82. The van der Waals surface area contributed by atoms with Gasteiger partial charge in [0.2, 0.25) is 5.91 Å². The molecule has 0 fully saturated rings.